The van der Waals surface area contributed by atoms with E-state index >= 15 is 0 Å². The highest BCUT2D eigenvalue weighted by Crippen LogP contribution is 2.22. The fraction of sp³-hybridized carbons (Fsp3) is 0.0588. The van der Waals surface area contributed by atoms with Gasteiger partial charge in [0.1, 0.15) is 0 Å². The molecule has 6 heteroatoms. The maximum atomic E-state index is 12.0. The van der Waals surface area contributed by atoms with Crippen molar-refractivity contribution in [1.82, 2.24) is 10.3 Å². The van der Waals surface area contributed by atoms with Crippen LogP contribution >= 0.6 is 11.6 Å². The first-order valence-electron chi connectivity index (χ1n) is 7.04. The summed E-state index contributed by atoms with van der Waals surface area (Å²) in [4.78, 5) is 27.0. The van der Waals surface area contributed by atoms with E-state index in [-0.39, 0.29) is 6.54 Å². The molecule has 23 heavy (non-hydrogen) atoms. The molecule has 0 radical (unpaired) electrons. The van der Waals surface area contributed by atoms with Gasteiger partial charge in [0.05, 0.1) is 5.69 Å². The van der Waals surface area contributed by atoms with Crippen LogP contribution in [0.1, 0.15) is 5.56 Å². The van der Waals surface area contributed by atoms with Crippen LogP contribution in [0.25, 0.3) is 10.9 Å². The highest BCUT2D eigenvalue weighted by Gasteiger charge is 2.15. The number of carbonyl (C=O) groups is 2. The number of hydrogen-bond acceptors (Lipinski definition) is 2. The summed E-state index contributed by atoms with van der Waals surface area (Å²) in [6.07, 6.45) is 1.78. The van der Waals surface area contributed by atoms with Crippen molar-refractivity contribution in [2.24, 2.45) is 0 Å². The molecule has 3 rings (SSSR count). The van der Waals surface area contributed by atoms with Gasteiger partial charge in [0.15, 0.2) is 0 Å². The van der Waals surface area contributed by atoms with Crippen LogP contribution in [0.2, 0.25) is 5.02 Å². The predicted octanol–water partition coefficient (Wildman–Crippen LogP) is 3.08. The van der Waals surface area contributed by atoms with Crippen LogP contribution < -0.4 is 10.6 Å². The van der Waals surface area contributed by atoms with E-state index in [4.69, 9.17) is 11.6 Å². The molecule has 1 heterocycles. The van der Waals surface area contributed by atoms with Gasteiger partial charge >= 0.3 is 11.8 Å². The summed E-state index contributed by atoms with van der Waals surface area (Å²) in [5, 5.41) is 6.57. The molecule has 0 spiro atoms. The second-order valence-corrected chi connectivity index (χ2v) is 5.38. The average Bonchev–Trinajstić information content (AvgIpc) is 3.03. The topological polar surface area (TPSA) is 74.0 Å². The van der Waals surface area contributed by atoms with E-state index in [9.17, 15) is 9.59 Å². The summed E-state index contributed by atoms with van der Waals surface area (Å²) in [7, 11) is 0. The third-order valence-corrected chi connectivity index (χ3v) is 3.82. The average molecular weight is 328 g/mol. The molecule has 0 saturated carbocycles. The number of rotatable bonds is 3. The van der Waals surface area contributed by atoms with Gasteiger partial charge in [0.25, 0.3) is 0 Å². The van der Waals surface area contributed by atoms with Gasteiger partial charge < -0.3 is 15.6 Å². The number of hydrogen-bond donors (Lipinski definition) is 3. The van der Waals surface area contributed by atoms with Gasteiger partial charge in [-0.15, -0.1) is 0 Å². The molecule has 3 N–H and O–H groups in total. The van der Waals surface area contributed by atoms with Crippen LogP contribution in [0.15, 0.2) is 54.7 Å². The van der Waals surface area contributed by atoms with Crippen LogP contribution in [-0.2, 0) is 16.1 Å². The number of amides is 2. The Labute approximate surface area is 137 Å². The van der Waals surface area contributed by atoms with Gasteiger partial charge in [-0.05, 0) is 29.8 Å². The zero-order valence-electron chi connectivity index (χ0n) is 12.1. The number of aromatic nitrogens is 1. The third-order valence-electron chi connectivity index (χ3n) is 3.45. The van der Waals surface area contributed by atoms with E-state index in [1.807, 2.05) is 18.2 Å². The molecule has 0 saturated heterocycles. The van der Waals surface area contributed by atoms with E-state index in [1.165, 1.54) is 0 Å². The van der Waals surface area contributed by atoms with E-state index in [0.29, 0.717) is 10.7 Å². The van der Waals surface area contributed by atoms with Crippen molar-refractivity contribution < 1.29 is 9.59 Å². The third kappa shape index (κ3) is 3.35. The molecule has 3 aromatic rings. The Hall–Kier alpha value is -2.79. The Morgan fingerprint density at radius 2 is 1.83 bits per heavy atom. The lowest BCUT2D eigenvalue weighted by Gasteiger charge is -2.08. The summed E-state index contributed by atoms with van der Waals surface area (Å²) < 4.78 is 0. The molecule has 2 amide bonds. The number of anilines is 1. The Kier molecular flexibility index (Phi) is 4.30. The molecule has 0 fully saturated rings. The van der Waals surface area contributed by atoms with Crippen LogP contribution in [-0.4, -0.2) is 16.8 Å². The van der Waals surface area contributed by atoms with E-state index < -0.39 is 11.8 Å². The molecule has 0 aliphatic carbocycles. The fourth-order valence-electron chi connectivity index (χ4n) is 2.27. The van der Waals surface area contributed by atoms with Crippen molar-refractivity contribution >= 4 is 40.0 Å². The Balaban J connectivity index is 1.65. The monoisotopic (exact) mass is 327 g/mol. The van der Waals surface area contributed by atoms with Crippen molar-refractivity contribution in [3.63, 3.8) is 0 Å². The smallest absolute Gasteiger partial charge is 0.313 e. The molecular weight excluding hydrogens is 314 g/mol. The summed E-state index contributed by atoms with van der Waals surface area (Å²) in [5.74, 6) is -1.43. The fourth-order valence-corrected chi connectivity index (χ4v) is 2.47. The molecule has 0 aliphatic rings. The van der Waals surface area contributed by atoms with Gasteiger partial charge in [-0.2, -0.15) is 0 Å². The first kappa shape index (κ1) is 15.1. The van der Waals surface area contributed by atoms with E-state index in [2.05, 4.69) is 15.6 Å². The molecule has 0 bridgehead atoms. The lowest BCUT2D eigenvalue weighted by atomic mass is 10.2. The largest absolute Gasteiger partial charge is 0.361 e. The van der Waals surface area contributed by atoms with Gasteiger partial charge in [0.2, 0.25) is 0 Å². The zero-order valence-corrected chi connectivity index (χ0v) is 12.9. The molecular formula is C17H14ClN3O2. The Bertz CT molecular complexity index is 873. The second kappa shape index (κ2) is 6.54. The highest BCUT2D eigenvalue weighted by molar-refractivity contribution is 6.40. The molecule has 0 atom stereocenters. The quantitative estimate of drug-likeness (QED) is 0.647. The molecule has 2 aromatic carbocycles. The predicted molar refractivity (Wildman–Crippen MR) is 90.2 cm³/mol. The summed E-state index contributed by atoms with van der Waals surface area (Å²) >= 11 is 6.01. The van der Waals surface area contributed by atoms with E-state index in [0.717, 1.165) is 16.5 Å². The Morgan fingerprint density at radius 1 is 1.00 bits per heavy atom. The zero-order chi connectivity index (χ0) is 16.2. The normalized spacial score (nSPS) is 10.5. The van der Waals surface area contributed by atoms with Gasteiger partial charge in [0, 0.05) is 28.7 Å². The SMILES string of the molecule is O=C(NCc1ccccc1Cl)C(=O)Nc1cccc2[nH]ccc12. The lowest BCUT2D eigenvalue weighted by Crippen LogP contribution is -2.35. The number of halogens is 1. The van der Waals surface area contributed by atoms with Crippen LogP contribution in [0.4, 0.5) is 5.69 Å². The number of nitrogens with one attached hydrogen (secondary N) is 3. The van der Waals surface area contributed by atoms with Crippen LogP contribution in [0, 0.1) is 0 Å². The van der Waals surface area contributed by atoms with Gasteiger partial charge in [-0.1, -0.05) is 35.9 Å². The van der Waals surface area contributed by atoms with E-state index in [1.54, 1.807) is 36.5 Å². The van der Waals surface area contributed by atoms with Gasteiger partial charge in [-0.3, -0.25) is 9.59 Å². The van der Waals surface area contributed by atoms with Gasteiger partial charge in [-0.25, -0.2) is 0 Å². The number of H-pyrrole nitrogens is 1. The number of carbonyl (C=O) groups excluding carboxylic acids is 2. The van der Waals surface area contributed by atoms with Crippen molar-refractivity contribution in [2.45, 2.75) is 6.54 Å². The first-order valence-corrected chi connectivity index (χ1v) is 7.41. The van der Waals surface area contributed by atoms with Crippen molar-refractivity contribution in [3.8, 4) is 0 Å². The molecule has 1 aromatic heterocycles. The molecule has 0 unspecified atom stereocenters. The van der Waals surface area contributed by atoms with Crippen molar-refractivity contribution in [1.29, 1.82) is 0 Å². The number of fused-ring (bicyclic) bond motifs is 1. The first-order chi connectivity index (χ1) is 11.1. The molecule has 116 valence electrons. The minimum Gasteiger partial charge on any atom is -0.361 e. The number of benzene rings is 2. The maximum absolute atomic E-state index is 12.0. The summed E-state index contributed by atoms with van der Waals surface area (Å²) in [6, 6.07) is 14.4. The van der Waals surface area contributed by atoms with Crippen LogP contribution in [0.3, 0.4) is 0 Å². The van der Waals surface area contributed by atoms with Crippen molar-refractivity contribution in [2.75, 3.05) is 5.32 Å². The lowest BCUT2D eigenvalue weighted by molar-refractivity contribution is -0.136. The Morgan fingerprint density at radius 3 is 2.65 bits per heavy atom. The minimum absolute atomic E-state index is 0.195. The summed E-state index contributed by atoms with van der Waals surface area (Å²) in [5.41, 5.74) is 2.23. The number of aromatic amines is 1. The standard InChI is InChI=1S/C17H14ClN3O2/c18-13-5-2-1-4-11(13)10-20-16(22)17(23)21-15-7-3-6-14-12(15)8-9-19-14/h1-9,19H,10H2,(H,20,22)(H,21,23). The van der Waals surface area contributed by atoms with Crippen LogP contribution in [0.5, 0.6) is 0 Å². The molecule has 5 nitrogen and oxygen atoms in total. The molecule has 0 aliphatic heterocycles. The summed E-state index contributed by atoms with van der Waals surface area (Å²) in [6.45, 7) is 0.195. The van der Waals surface area contributed by atoms with Crippen molar-refractivity contribution in [3.05, 3.63) is 65.3 Å². The highest BCUT2D eigenvalue weighted by atomic mass is 35.5. The second-order valence-electron chi connectivity index (χ2n) is 4.97. The maximum Gasteiger partial charge on any atom is 0.313 e. The minimum atomic E-state index is -0.717.